The molecule has 0 fully saturated rings. The van der Waals surface area contributed by atoms with Crippen molar-refractivity contribution in [3.63, 3.8) is 0 Å². The Morgan fingerprint density at radius 1 is 0.456 bits per heavy atom. The predicted molar refractivity (Wildman–Crippen MR) is 240 cm³/mol. The SMILES string of the molecule is C[Si](C)(C)c1ccc(N(c2cc3c4c(c2)Oc2cc(-c5ccccc5)ccc2B4c2ccc(-c4ccccc4)cc2O3)c2cccc3c2oc2ccccc23)cc1. The third-order valence-corrected chi connectivity index (χ3v) is 13.6. The molecule has 0 unspecified atom stereocenters. The summed E-state index contributed by atoms with van der Waals surface area (Å²) in [5.41, 5.74) is 12.4. The Balaban J connectivity index is 1.14. The number of hydrogen-bond donors (Lipinski definition) is 0. The Bertz CT molecular complexity index is 2890. The van der Waals surface area contributed by atoms with E-state index in [9.17, 15) is 0 Å². The maximum Gasteiger partial charge on any atom is 0.260 e. The Morgan fingerprint density at radius 3 is 1.61 bits per heavy atom. The van der Waals surface area contributed by atoms with Gasteiger partial charge in [-0.05, 0) is 69.6 Å². The number of nitrogens with zero attached hydrogens (tertiary/aromatic N) is 1. The summed E-state index contributed by atoms with van der Waals surface area (Å²) >= 11 is 0. The predicted octanol–water partition coefficient (Wildman–Crippen LogP) is 11.7. The molecule has 2 aliphatic rings. The van der Waals surface area contributed by atoms with Crippen LogP contribution in [0.25, 0.3) is 44.2 Å². The van der Waals surface area contributed by atoms with E-state index in [1.165, 1.54) is 5.19 Å². The van der Waals surface area contributed by atoms with E-state index in [4.69, 9.17) is 13.9 Å². The van der Waals surface area contributed by atoms with Gasteiger partial charge in [-0.3, -0.25) is 0 Å². The fourth-order valence-electron chi connectivity index (χ4n) is 8.67. The van der Waals surface area contributed by atoms with Crippen molar-refractivity contribution in [2.24, 2.45) is 0 Å². The van der Waals surface area contributed by atoms with Crippen molar-refractivity contribution < 1.29 is 13.9 Å². The van der Waals surface area contributed by atoms with Gasteiger partial charge in [0.15, 0.2) is 5.58 Å². The number of furan rings is 1. The van der Waals surface area contributed by atoms with Crippen molar-refractivity contribution in [2.45, 2.75) is 19.6 Å². The number of benzene rings is 8. The molecule has 0 saturated carbocycles. The lowest BCUT2D eigenvalue weighted by Crippen LogP contribution is -2.57. The zero-order chi connectivity index (χ0) is 38.3. The highest BCUT2D eigenvalue weighted by atomic mass is 28.3. The van der Waals surface area contributed by atoms with Gasteiger partial charge in [0.2, 0.25) is 0 Å². The number of anilines is 3. The van der Waals surface area contributed by atoms with Crippen LogP contribution < -0.4 is 35.9 Å². The molecule has 0 saturated heterocycles. The minimum Gasteiger partial charge on any atom is -0.458 e. The third-order valence-electron chi connectivity index (χ3n) is 11.6. The van der Waals surface area contributed by atoms with E-state index in [2.05, 4.69) is 188 Å². The second-order valence-corrected chi connectivity index (χ2v) is 21.2. The molecule has 0 amide bonds. The van der Waals surface area contributed by atoms with E-state index in [1.807, 2.05) is 12.1 Å². The minimum absolute atomic E-state index is 0.0746. The fraction of sp³-hybridized carbons (Fsp3) is 0.0588. The van der Waals surface area contributed by atoms with Crippen LogP contribution in [0.15, 0.2) is 180 Å². The molecule has 11 rings (SSSR count). The van der Waals surface area contributed by atoms with Gasteiger partial charge in [-0.2, -0.15) is 0 Å². The summed E-state index contributed by atoms with van der Waals surface area (Å²) in [4.78, 5) is 2.29. The van der Waals surface area contributed by atoms with Crippen molar-refractivity contribution >= 4 is 75.4 Å². The molecule has 272 valence electrons. The van der Waals surface area contributed by atoms with Crippen LogP contribution in [0.3, 0.4) is 0 Å². The maximum absolute atomic E-state index is 7.03. The van der Waals surface area contributed by atoms with Gasteiger partial charge in [-0.25, -0.2) is 0 Å². The first kappa shape index (κ1) is 33.6. The Morgan fingerprint density at radius 2 is 1.02 bits per heavy atom. The highest BCUT2D eigenvalue weighted by Crippen LogP contribution is 2.46. The largest absolute Gasteiger partial charge is 0.458 e. The summed E-state index contributed by atoms with van der Waals surface area (Å²) in [7, 11) is -1.55. The van der Waals surface area contributed by atoms with E-state index in [0.717, 1.165) is 101 Å². The monoisotopic (exact) mass is 751 g/mol. The van der Waals surface area contributed by atoms with Gasteiger partial charge >= 0.3 is 0 Å². The maximum atomic E-state index is 7.03. The normalized spacial score (nSPS) is 12.7. The summed E-state index contributed by atoms with van der Waals surface area (Å²) < 4.78 is 20.8. The number of fused-ring (bicyclic) bond motifs is 7. The van der Waals surface area contributed by atoms with Crippen molar-refractivity contribution in [1.82, 2.24) is 0 Å². The summed E-state index contributed by atoms with van der Waals surface area (Å²) in [6, 6.07) is 62.4. The molecule has 0 spiro atoms. The van der Waals surface area contributed by atoms with Gasteiger partial charge in [0.1, 0.15) is 28.6 Å². The lowest BCUT2D eigenvalue weighted by Gasteiger charge is -2.35. The topological polar surface area (TPSA) is 34.8 Å². The van der Waals surface area contributed by atoms with E-state index in [-0.39, 0.29) is 6.71 Å². The lowest BCUT2D eigenvalue weighted by molar-refractivity contribution is 0.465. The molecule has 8 aromatic carbocycles. The Kier molecular flexibility index (Phi) is 7.60. The van der Waals surface area contributed by atoms with Gasteiger partial charge in [-0.15, -0.1) is 0 Å². The molecule has 6 heteroatoms. The van der Waals surface area contributed by atoms with E-state index < -0.39 is 8.07 Å². The summed E-state index contributed by atoms with van der Waals surface area (Å²) in [5.74, 6) is 3.26. The minimum atomic E-state index is -1.55. The highest BCUT2D eigenvalue weighted by molar-refractivity contribution is 6.98. The first-order chi connectivity index (χ1) is 27.9. The molecule has 9 aromatic rings. The van der Waals surface area contributed by atoms with Crippen LogP contribution in [-0.2, 0) is 0 Å². The average Bonchev–Trinajstić information content (AvgIpc) is 3.63. The van der Waals surface area contributed by atoms with Crippen molar-refractivity contribution in [3.05, 3.63) is 176 Å². The van der Waals surface area contributed by atoms with E-state index in [1.54, 1.807) is 0 Å². The van der Waals surface area contributed by atoms with Crippen LogP contribution in [0.2, 0.25) is 19.6 Å². The molecule has 4 nitrogen and oxygen atoms in total. The number of hydrogen-bond acceptors (Lipinski definition) is 4. The smallest absolute Gasteiger partial charge is 0.260 e. The van der Waals surface area contributed by atoms with E-state index >= 15 is 0 Å². The second-order valence-electron chi connectivity index (χ2n) is 16.1. The summed E-state index contributed by atoms with van der Waals surface area (Å²) in [6.45, 7) is 7.08. The van der Waals surface area contributed by atoms with Crippen LogP contribution in [-0.4, -0.2) is 14.8 Å². The van der Waals surface area contributed by atoms with Gasteiger partial charge in [0, 0.05) is 34.1 Å². The standard InChI is InChI=1S/C51H38BNO3Si/c1-57(2,3)39-25-23-37(24-26-39)53(44-19-12-18-41-40-17-10-11-20-45(40)56-51(41)44)38-31-48-50-49(32-38)55-47-30-36(34-15-8-5-9-16-34)22-28-43(47)52(50)42-27-21-35(29-46(42)54-48)33-13-6-4-7-14-33/h4-32H,1-3H3. The van der Waals surface area contributed by atoms with Crippen LogP contribution in [0.4, 0.5) is 17.1 Å². The van der Waals surface area contributed by atoms with Crippen LogP contribution in [0, 0.1) is 0 Å². The van der Waals surface area contributed by atoms with E-state index in [0.29, 0.717) is 0 Å². The van der Waals surface area contributed by atoms with Crippen LogP contribution in [0.5, 0.6) is 23.0 Å². The Hall–Kier alpha value is -6.76. The second kappa shape index (κ2) is 12.9. The molecule has 2 aliphatic heterocycles. The third kappa shape index (κ3) is 5.59. The van der Waals surface area contributed by atoms with Gasteiger partial charge < -0.3 is 18.8 Å². The molecule has 0 bridgehead atoms. The lowest BCUT2D eigenvalue weighted by atomic mass is 9.34. The Labute approximate surface area is 333 Å². The van der Waals surface area contributed by atoms with Gasteiger partial charge in [0.25, 0.3) is 6.71 Å². The van der Waals surface area contributed by atoms with Crippen molar-refractivity contribution in [1.29, 1.82) is 0 Å². The number of rotatable bonds is 6. The average molecular weight is 752 g/mol. The number of ether oxygens (including phenoxy) is 2. The molecule has 0 aliphatic carbocycles. The molecular formula is C51H38BNO3Si. The van der Waals surface area contributed by atoms with Gasteiger partial charge in [0.05, 0.1) is 19.4 Å². The molecule has 0 atom stereocenters. The molecular weight excluding hydrogens is 713 g/mol. The molecule has 3 heterocycles. The fourth-order valence-corrected chi connectivity index (χ4v) is 9.84. The van der Waals surface area contributed by atoms with Gasteiger partial charge in [-0.1, -0.05) is 152 Å². The summed E-state index contributed by atoms with van der Waals surface area (Å²) in [6.07, 6.45) is 0. The number of para-hydroxylation sites is 2. The first-order valence-electron chi connectivity index (χ1n) is 19.6. The molecule has 0 radical (unpaired) electrons. The molecule has 1 aromatic heterocycles. The summed E-state index contributed by atoms with van der Waals surface area (Å²) in [5, 5.41) is 3.57. The zero-order valence-electron chi connectivity index (χ0n) is 32.0. The highest BCUT2D eigenvalue weighted by Gasteiger charge is 2.41. The van der Waals surface area contributed by atoms with Crippen LogP contribution >= 0.6 is 0 Å². The zero-order valence-corrected chi connectivity index (χ0v) is 33.0. The quantitative estimate of drug-likeness (QED) is 0.159. The van der Waals surface area contributed by atoms with Crippen LogP contribution in [0.1, 0.15) is 0 Å². The molecule has 0 N–H and O–H groups in total. The first-order valence-corrected chi connectivity index (χ1v) is 23.1. The van der Waals surface area contributed by atoms with Crippen molar-refractivity contribution in [3.8, 4) is 45.3 Å². The molecule has 57 heavy (non-hydrogen) atoms. The van der Waals surface area contributed by atoms with Crippen molar-refractivity contribution in [2.75, 3.05) is 4.90 Å².